The lowest BCUT2D eigenvalue weighted by atomic mass is 10.1. The highest BCUT2D eigenvalue weighted by Gasteiger charge is 2.31. The maximum atomic E-state index is 13.1. The molecule has 2 amide bonds. The Balaban J connectivity index is 1.27. The van der Waals surface area contributed by atoms with Crippen LogP contribution in [0.1, 0.15) is 45.4 Å². The summed E-state index contributed by atoms with van der Waals surface area (Å²) < 4.78 is 31.9. The molecule has 1 aliphatic rings. The molecule has 3 heterocycles. The van der Waals surface area contributed by atoms with E-state index in [2.05, 4.69) is 27.5 Å². The molecule has 4 aromatic rings. The maximum Gasteiger partial charge on any atom is 0.257 e. The normalized spacial score (nSPS) is 13.6. The fourth-order valence-electron chi connectivity index (χ4n) is 3.90. The van der Waals surface area contributed by atoms with Crippen molar-refractivity contribution in [1.82, 2.24) is 15.3 Å². The van der Waals surface area contributed by atoms with Crippen molar-refractivity contribution in [3.63, 3.8) is 0 Å². The first-order valence-corrected chi connectivity index (χ1v) is 14.3. The quantitative estimate of drug-likeness (QED) is 0.305. The molecule has 11 heteroatoms. The second kappa shape index (κ2) is 10.7. The minimum Gasteiger partial charge on any atom is -0.492 e. The van der Waals surface area contributed by atoms with E-state index in [4.69, 9.17) is 4.74 Å². The predicted octanol–water partition coefficient (Wildman–Crippen LogP) is 4.71. The van der Waals surface area contributed by atoms with E-state index < -0.39 is 21.7 Å². The number of aromatic nitrogens is 2. The molecule has 2 aromatic carbocycles. The van der Waals surface area contributed by atoms with Crippen LogP contribution in [0.2, 0.25) is 0 Å². The van der Waals surface area contributed by atoms with Crippen molar-refractivity contribution in [2.45, 2.75) is 36.1 Å². The van der Waals surface area contributed by atoms with E-state index in [1.807, 2.05) is 12.1 Å². The van der Waals surface area contributed by atoms with Gasteiger partial charge in [0.05, 0.1) is 46.1 Å². The fourth-order valence-corrected chi connectivity index (χ4v) is 6.32. The average molecular weight is 549 g/mol. The van der Waals surface area contributed by atoms with Crippen LogP contribution in [0, 0.1) is 0 Å². The summed E-state index contributed by atoms with van der Waals surface area (Å²) in [6.45, 7) is 2.98. The minimum atomic E-state index is -3.94. The van der Waals surface area contributed by atoms with E-state index in [1.54, 1.807) is 24.5 Å². The van der Waals surface area contributed by atoms with Gasteiger partial charge in [-0.2, -0.15) is 0 Å². The SMILES string of the molecule is CCCCOc1ccc(-c2ncc(CNC(=O)c3ccc4c(c3)NC(=O)c3ccccc3S4(=O)=O)s2)nc1. The van der Waals surface area contributed by atoms with Crippen molar-refractivity contribution in [3.8, 4) is 16.5 Å². The third-order valence-corrected chi connectivity index (χ3v) is 8.79. The number of sulfone groups is 1. The number of carbonyl (C=O) groups is 2. The lowest BCUT2D eigenvalue weighted by molar-refractivity contribution is 0.0949. The lowest BCUT2D eigenvalue weighted by Crippen LogP contribution is -2.22. The first-order chi connectivity index (χ1) is 18.4. The van der Waals surface area contributed by atoms with Crippen LogP contribution in [-0.4, -0.2) is 36.8 Å². The number of amides is 2. The number of carbonyl (C=O) groups excluding carboxylic acids is 2. The molecule has 9 nitrogen and oxygen atoms in total. The van der Waals surface area contributed by atoms with Gasteiger partial charge in [0.15, 0.2) is 0 Å². The summed E-state index contributed by atoms with van der Waals surface area (Å²) in [5.74, 6) is -0.255. The molecule has 2 N–H and O–H groups in total. The third kappa shape index (κ3) is 5.15. The van der Waals surface area contributed by atoms with Gasteiger partial charge in [-0.05, 0) is 48.9 Å². The standard InChI is InChI=1S/C27H24N4O5S2/c1-2-3-12-36-18-9-10-21(28-14-18)27-30-16-19(37-27)15-29-25(32)17-8-11-24-22(13-17)31-26(33)20-6-4-5-7-23(20)38(24,34)35/h4-11,13-14,16H,2-3,12,15H2,1H3,(H,29,32)(H,31,33). The van der Waals surface area contributed by atoms with Gasteiger partial charge in [0, 0.05) is 16.6 Å². The molecule has 0 saturated heterocycles. The number of fused-ring (bicyclic) bond motifs is 2. The van der Waals surface area contributed by atoms with Crippen molar-refractivity contribution in [1.29, 1.82) is 0 Å². The molecule has 0 aliphatic carbocycles. The van der Waals surface area contributed by atoms with Crippen molar-refractivity contribution in [2.75, 3.05) is 11.9 Å². The maximum absolute atomic E-state index is 13.1. The van der Waals surface area contributed by atoms with Crippen LogP contribution in [0.25, 0.3) is 10.7 Å². The Morgan fingerprint density at radius 1 is 1.05 bits per heavy atom. The van der Waals surface area contributed by atoms with Crippen LogP contribution < -0.4 is 15.4 Å². The Bertz CT molecular complexity index is 1610. The zero-order chi connectivity index (χ0) is 26.7. The number of rotatable bonds is 8. The van der Waals surface area contributed by atoms with Crippen molar-refractivity contribution in [2.24, 2.45) is 0 Å². The summed E-state index contributed by atoms with van der Waals surface area (Å²) in [6, 6.07) is 13.9. The molecule has 0 bridgehead atoms. The van der Waals surface area contributed by atoms with E-state index in [0.29, 0.717) is 23.1 Å². The summed E-state index contributed by atoms with van der Waals surface area (Å²) in [4.78, 5) is 35.0. The molecule has 0 fully saturated rings. The largest absolute Gasteiger partial charge is 0.492 e. The molecule has 5 rings (SSSR count). The number of ether oxygens (including phenoxy) is 1. The number of thiazole rings is 1. The summed E-state index contributed by atoms with van der Waals surface area (Å²) in [5.41, 5.74) is 1.05. The minimum absolute atomic E-state index is 0.0591. The molecule has 194 valence electrons. The number of anilines is 1. The van der Waals surface area contributed by atoms with Gasteiger partial charge in [-0.3, -0.25) is 9.59 Å². The van der Waals surface area contributed by atoms with Gasteiger partial charge in [-0.15, -0.1) is 11.3 Å². The monoisotopic (exact) mass is 548 g/mol. The van der Waals surface area contributed by atoms with E-state index in [1.165, 1.54) is 41.7 Å². The summed E-state index contributed by atoms with van der Waals surface area (Å²) in [5, 5.41) is 6.15. The average Bonchev–Trinajstić information content (AvgIpc) is 3.38. The number of unbranched alkanes of at least 4 members (excludes halogenated alkanes) is 1. The second-order valence-corrected chi connectivity index (χ2v) is 11.6. The van der Waals surface area contributed by atoms with Crippen molar-refractivity contribution in [3.05, 3.63) is 83.0 Å². The first-order valence-electron chi connectivity index (χ1n) is 12.0. The highest BCUT2D eigenvalue weighted by atomic mass is 32.2. The molecule has 0 unspecified atom stereocenters. The Morgan fingerprint density at radius 3 is 2.68 bits per heavy atom. The Labute approximate surface area is 223 Å². The zero-order valence-corrected chi connectivity index (χ0v) is 22.1. The van der Waals surface area contributed by atoms with E-state index in [9.17, 15) is 18.0 Å². The van der Waals surface area contributed by atoms with E-state index in [-0.39, 0.29) is 33.2 Å². The Morgan fingerprint density at radius 2 is 1.89 bits per heavy atom. The molecule has 38 heavy (non-hydrogen) atoms. The number of nitrogens with zero attached hydrogens (tertiary/aromatic N) is 2. The van der Waals surface area contributed by atoms with Crippen LogP contribution in [0.3, 0.4) is 0 Å². The molecule has 1 aliphatic heterocycles. The summed E-state index contributed by atoms with van der Waals surface area (Å²) in [6.07, 6.45) is 5.39. The van der Waals surface area contributed by atoms with Gasteiger partial charge in [0.25, 0.3) is 11.8 Å². The molecule has 0 spiro atoms. The van der Waals surface area contributed by atoms with Crippen LogP contribution >= 0.6 is 11.3 Å². The predicted molar refractivity (Wildman–Crippen MR) is 143 cm³/mol. The lowest BCUT2D eigenvalue weighted by Gasteiger charge is -2.10. The first kappa shape index (κ1) is 25.6. The highest BCUT2D eigenvalue weighted by Crippen LogP contribution is 2.34. The van der Waals surface area contributed by atoms with E-state index >= 15 is 0 Å². The molecular weight excluding hydrogens is 524 g/mol. The summed E-state index contributed by atoms with van der Waals surface area (Å²) >= 11 is 1.40. The number of hydrogen-bond acceptors (Lipinski definition) is 8. The number of benzene rings is 2. The zero-order valence-electron chi connectivity index (χ0n) is 20.4. The van der Waals surface area contributed by atoms with Crippen LogP contribution in [0.15, 0.2) is 76.8 Å². The van der Waals surface area contributed by atoms with Crippen LogP contribution in [-0.2, 0) is 16.4 Å². The van der Waals surface area contributed by atoms with Crippen molar-refractivity contribution >= 4 is 38.7 Å². The Kier molecular flexibility index (Phi) is 7.21. The number of pyridine rings is 1. The number of hydrogen-bond donors (Lipinski definition) is 2. The van der Waals surface area contributed by atoms with Gasteiger partial charge in [0.2, 0.25) is 9.84 Å². The smallest absolute Gasteiger partial charge is 0.257 e. The molecule has 0 saturated carbocycles. The molecular formula is C27H24N4O5S2. The third-order valence-electron chi connectivity index (χ3n) is 5.90. The molecule has 0 radical (unpaired) electrons. The molecule has 0 atom stereocenters. The molecule has 2 aromatic heterocycles. The van der Waals surface area contributed by atoms with E-state index in [0.717, 1.165) is 17.7 Å². The van der Waals surface area contributed by atoms with Crippen molar-refractivity contribution < 1.29 is 22.7 Å². The fraction of sp³-hybridized carbons (Fsp3) is 0.185. The topological polar surface area (TPSA) is 127 Å². The van der Waals surface area contributed by atoms with Crippen LogP contribution in [0.4, 0.5) is 5.69 Å². The summed E-state index contributed by atoms with van der Waals surface area (Å²) in [7, 11) is -3.94. The van der Waals surface area contributed by atoms with Gasteiger partial charge >= 0.3 is 0 Å². The van der Waals surface area contributed by atoms with Crippen LogP contribution in [0.5, 0.6) is 5.75 Å². The van der Waals surface area contributed by atoms with Gasteiger partial charge < -0.3 is 15.4 Å². The highest BCUT2D eigenvalue weighted by molar-refractivity contribution is 7.91. The van der Waals surface area contributed by atoms with Gasteiger partial charge in [-0.1, -0.05) is 25.5 Å². The van der Waals surface area contributed by atoms with Gasteiger partial charge in [-0.25, -0.2) is 18.4 Å². The Hall–Kier alpha value is -4.09. The van der Waals surface area contributed by atoms with Gasteiger partial charge in [0.1, 0.15) is 10.8 Å². The second-order valence-electron chi connectivity index (χ2n) is 8.56. The number of nitrogens with one attached hydrogen (secondary N) is 2.